The van der Waals surface area contributed by atoms with Crippen LogP contribution in [0.25, 0.3) is 0 Å². The van der Waals surface area contributed by atoms with Crippen molar-refractivity contribution in [2.45, 2.75) is 130 Å². The van der Waals surface area contributed by atoms with Gasteiger partial charge in [-0.05, 0) is 25.0 Å². The van der Waals surface area contributed by atoms with E-state index in [9.17, 15) is 0 Å². The third-order valence-corrected chi connectivity index (χ3v) is 8.73. The normalized spacial score (nSPS) is 12.6. The Hall–Kier alpha value is -2.15. The number of methoxy groups -OCH3 is 2. The maximum atomic E-state index is 15.0. The highest BCUT2D eigenvalue weighted by molar-refractivity contribution is 5.99. The summed E-state index contributed by atoms with van der Waals surface area (Å²) in [6, 6.07) is 6.65. The smallest absolute Gasteiger partial charge is 0.184 e. The van der Waals surface area contributed by atoms with Gasteiger partial charge in [-0.1, -0.05) is 97.3 Å². The molecule has 0 amide bonds. The molecule has 2 aromatic carbocycles. The molecule has 44 heavy (non-hydrogen) atoms. The maximum Gasteiger partial charge on any atom is 0.184 e. The Labute approximate surface area is 276 Å². The van der Waals surface area contributed by atoms with Crippen LogP contribution in [0.3, 0.4) is 0 Å². The number of fused-ring (bicyclic) bond motifs is 1. The van der Waals surface area contributed by atoms with E-state index in [0.29, 0.717) is 13.2 Å². The molecule has 0 radical (unpaired) electrons. The number of hydrogen-bond donors (Lipinski definition) is 0. The molecule has 0 spiro atoms. The number of benzene rings is 2. The maximum absolute atomic E-state index is 15.0. The van der Waals surface area contributed by atoms with Crippen LogP contribution in [0, 0.1) is 11.6 Å². The largest absolute Gasteiger partial charge is 1.00 e. The van der Waals surface area contributed by atoms with Crippen LogP contribution >= 0.6 is 0 Å². The first-order valence-electron chi connectivity index (χ1n) is 17.0. The fourth-order valence-electron chi connectivity index (χ4n) is 6.16. The number of rotatable bonds is 22. The van der Waals surface area contributed by atoms with Crippen LogP contribution < -0.4 is 31.2 Å². The Bertz CT molecular complexity index is 1130. The Morgan fingerprint density at radius 3 is 1.86 bits per heavy atom. The van der Waals surface area contributed by atoms with E-state index < -0.39 is 11.6 Å². The van der Waals surface area contributed by atoms with Gasteiger partial charge in [-0.15, -0.1) is 0 Å². The van der Waals surface area contributed by atoms with Crippen LogP contribution in [0.4, 0.5) is 8.78 Å². The highest BCUT2D eigenvalue weighted by Crippen LogP contribution is 2.37. The van der Waals surface area contributed by atoms with Crippen molar-refractivity contribution in [3.05, 3.63) is 52.6 Å². The molecule has 1 heterocycles. The molecule has 0 fully saturated rings. The molecule has 7 heteroatoms. The fraction of sp³-hybridized carbons (Fsp3) is 0.649. The van der Waals surface area contributed by atoms with Crippen LogP contribution in [-0.2, 0) is 13.0 Å². The molecular weight excluding hydrogens is 624 g/mol. The van der Waals surface area contributed by atoms with Crippen molar-refractivity contribution in [1.82, 2.24) is 0 Å². The monoisotopic (exact) mass is 679 g/mol. The van der Waals surface area contributed by atoms with E-state index >= 15 is 8.78 Å². The lowest BCUT2D eigenvalue weighted by molar-refractivity contribution is -0.546. The van der Waals surface area contributed by atoms with E-state index in [2.05, 4.69) is 24.5 Å². The van der Waals surface area contributed by atoms with Gasteiger partial charge in [0, 0.05) is 36.1 Å². The summed E-state index contributed by atoms with van der Waals surface area (Å²) in [6.07, 6.45) is 20.1. The molecule has 2 aromatic rings. The van der Waals surface area contributed by atoms with E-state index in [4.69, 9.17) is 14.2 Å². The standard InChI is InChI=1S/C37H56F2NO3.BrH/c1-5-7-9-11-13-14-15-16-18-20-35-30-21-22-36(42-4)37(43-25-19-17-12-10-8-6-2)31(30)23-24-40(35)28-32-33(38)26-29(41-3)27-34(32)39;/h21-22,26-27H,5-20,23-25,28H2,1-4H3;1H/q+1;/p-1. The fourth-order valence-corrected chi connectivity index (χ4v) is 6.16. The average Bonchev–Trinajstić information content (AvgIpc) is 3.01. The summed E-state index contributed by atoms with van der Waals surface area (Å²) in [5, 5.41) is 0. The molecule has 0 atom stereocenters. The first-order chi connectivity index (χ1) is 21.0. The predicted octanol–water partition coefficient (Wildman–Crippen LogP) is 7.20. The van der Waals surface area contributed by atoms with E-state index in [0.717, 1.165) is 60.4 Å². The topological polar surface area (TPSA) is 30.7 Å². The minimum absolute atomic E-state index is 0. The van der Waals surface area contributed by atoms with Crippen molar-refractivity contribution in [2.75, 3.05) is 27.4 Å². The van der Waals surface area contributed by atoms with E-state index in [1.165, 1.54) is 96.3 Å². The first-order valence-corrected chi connectivity index (χ1v) is 17.0. The van der Waals surface area contributed by atoms with Gasteiger partial charge in [0.25, 0.3) is 0 Å². The zero-order valence-electron chi connectivity index (χ0n) is 27.8. The van der Waals surface area contributed by atoms with Crippen molar-refractivity contribution in [3.8, 4) is 17.2 Å². The molecule has 1 aliphatic heterocycles. The SMILES string of the molecule is CCCCCCCCCCCC1=[N+](Cc2c(F)cc(OC)cc2F)CCc2c1ccc(OC)c2OCCCCCCCC.[Br-]. The Morgan fingerprint density at radius 1 is 0.727 bits per heavy atom. The van der Waals surface area contributed by atoms with Crippen LogP contribution in [-0.4, -0.2) is 37.7 Å². The third kappa shape index (κ3) is 11.7. The molecule has 248 valence electrons. The van der Waals surface area contributed by atoms with Gasteiger partial charge >= 0.3 is 0 Å². The van der Waals surface area contributed by atoms with Crippen molar-refractivity contribution in [1.29, 1.82) is 0 Å². The van der Waals surface area contributed by atoms with Gasteiger partial charge in [-0.2, -0.15) is 0 Å². The molecule has 0 aromatic heterocycles. The molecule has 0 unspecified atom stereocenters. The van der Waals surface area contributed by atoms with Gasteiger partial charge in [-0.3, -0.25) is 0 Å². The van der Waals surface area contributed by atoms with Crippen LogP contribution in [0.5, 0.6) is 17.2 Å². The molecule has 0 N–H and O–H groups in total. The summed E-state index contributed by atoms with van der Waals surface area (Å²) >= 11 is 0. The summed E-state index contributed by atoms with van der Waals surface area (Å²) in [6.45, 7) is 6.01. The van der Waals surface area contributed by atoms with E-state index in [1.54, 1.807) is 7.11 Å². The van der Waals surface area contributed by atoms with E-state index in [-0.39, 0.29) is 34.8 Å². The zero-order chi connectivity index (χ0) is 30.9. The molecular formula is C37H56BrF2NO3. The Morgan fingerprint density at radius 2 is 1.30 bits per heavy atom. The molecule has 3 rings (SSSR count). The second kappa shape index (κ2) is 21.6. The summed E-state index contributed by atoms with van der Waals surface area (Å²) < 4.78 is 49.4. The molecule has 0 saturated heterocycles. The highest BCUT2D eigenvalue weighted by atomic mass is 79.9. The van der Waals surface area contributed by atoms with Crippen molar-refractivity contribution in [3.63, 3.8) is 0 Å². The zero-order valence-corrected chi connectivity index (χ0v) is 29.3. The lowest BCUT2D eigenvalue weighted by Crippen LogP contribution is -3.00. The van der Waals surface area contributed by atoms with Gasteiger partial charge in [0.05, 0.1) is 26.4 Å². The molecule has 0 saturated carbocycles. The van der Waals surface area contributed by atoms with Crippen molar-refractivity contribution in [2.24, 2.45) is 0 Å². The summed E-state index contributed by atoms with van der Waals surface area (Å²) in [4.78, 5) is 0. The molecule has 1 aliphatic rings. The summed E-state index contributed by atoms with van der Waals surface area (Å²) in [7, 11) is 3.11. The van der Waals surface area contributed by atoms with Gasteiger partial charge in [0.2, 0.25) is 0 Å². The number of halogens is 3. The number of unbranched alkanes of at least 4 members (excludes halogenated alkanes) is 13. The highest BCUT2D eigenvalue weighted by Gasteiger charge is 2.31. The van der Waals surface area contributed by atoms with Crippen molar-refractivity contribution >= 4 is 5.71 Å². The van der Waals surface area contributed by atoms with Gasteiger partial charge in [0.15, 0.2) is 23.8 Å². The van der Waals surface area contributed by atoms with Gasteiger partial charge < -0.3 is 31.2 Å². The lowest BCUT2D eigenvalue weighted by atomic mass is 9.91. The van der Waals surface area contributed by atoms with Crippen LogP contribution in [0.2, 0.25) is 0 Å². The molecule has 0 bridgehead atoms. The summed E-state index contributed by atoms with van der Waals surface area (Å²) in [5.41, 5.74) is 3.51. The van der Waals surface area contributed by atoms with Gasteiger partial charge in [-0.25, -0.2) is 13.4 Å². The minimum Gasteiger partial charge on any atom is -1.00 e. The third-order valence-electron chi connectivity index (χ3n) is 8.73. The molecule has 0 aliphatic carbocycles. The molecule has 4 nitrogen and oxygen atoms in total. The average molecular weight is 681 g/mol. The first kappa shape index (κ1) is 38.0. The van der Waals surface area contributed by atoms with Crippen LogP contribution in [0.1, 0.15) is 133 Å². The second-order valence-electron chi connectivity index (χ2n) is 12.0. The second-order valence-corrected chi connectivity index (χ2v) is 12.0. The number of nitrogens with zero attached hydrogens (tertiary/aromatic N) is 1. The van der Waals surface area contributed by atoms with Crippen molar-refractivity contribution < 1.29 is 44.5 Å². The minimum atomic E-state index is -0.567. The predicted molar refractivity (Wildman–Crippen MR) is 173 cm³/mol. The quantitative estimate of drug-likeness (QED) is 0.0974. The number of ether oxygens (including phenoxy) is 3. The van der Waals surface area contributed by atoms with E-state index in [1.807, 2.05) is 6.07 Å². The summed E-state index contributed by atoms with van der Waals surface area (Å²) in [5.74, 6) is 0.652. The van der Waals surface area contributed by atoms with Crippen LogP contribution in [0.15, 0.2) is 24.3 Å². The van der Waals surface area contributed by atoms with Gasteiger partial charge in [0.1, 0.15) is 23.9 Å². The lowest BCUT2D eigenvalue weighted by Gasteiger charge is -2.23. The number of hydrogen-bond acceptors (Lipinski definition) is 3. The Kier molecular flexibility index (Phi) is 18.6. The Balaban J connectivity index is 0.00000675.